The quantitative estimate of drug-likeness (QED) is 0.0348. The maximum Gasteiger partial charge on any atom is 0.192 e. The molecule has 0 aromatic heterocycles. The van der Waals surface area contributed by atoms with E-state index in [-0.39, 0.29) is 30.7 Å². The van der Waals surface area contributed by atoms with Crippen molar-refractivity contribution in [3.8, 4) is 0 Å². The van der Waals surface area contributed by atoms with Gasteiger partial charge in [-0.3, -0.25) is 0 Å². The van der Waals surface area contributed by atoms with Gasteiger partial charge in [-0.15, -0.1) is 0 Å². The Balaban J connectivity index is 3.62. The second-order valence-corrected chi connectivity index (χ2v) is 13.7. The van der Waals surface area contributed by atoms with Gasteiger partial charge in [0.2, 0.25) is 0 Å². The molecule has 0 rings (SSSR count). The Morgan fingerprint density at radius 1 is 0.795 bits per heavy atom. The van der Waals surface area contributed by atoms with Crippen molar-refractivity contribution in [3.05, 3.63) is 12.2 Å². The second kappa shape index (κ2) is 24.3. The molecule has 0 aromatic rings. The van der Waals surface area contributed by atoms with Gasteiger partial charge in [-0.25, -0.2) is 0 Å². The van der Waals surface area contributed by atoms with Gasteiger partial charge in [0, 0.05) is 13.0 Å². The summed E-state index contributed by atoms with van der Waals surface area (Å²) in [6.45, 7) is 4.28. The smallest absolute Gasteiger partial charge is 0.192 e. The molecule has 0 aliphatic carbocycles. The summed E-state index contributed by atoms with van der Waals surface area (Å²) in [6, 6.07) is 0. The van der Waals surface area contributed by atoms with Crippen LogP contribution in [0.15, 0.2) is 12.2 Å². The van der Waals surface area contributed by atoms with Gasteiger partial charge in [-0.05, 0) is 39.0 Å². The molecular weight excluding hydrogens is 517 g/mol. The fourth-order valence-corrected chi connectivity index (χ4v) is 5.87. The Morgan fingerprint density at radius 2 is 1.28 bits per heavy atom. The van der Waals surface area contributed by atoms with Crippen LogP contribution >= 0.6 is 7.60 Å². The Labute approximate surface area is 239 Å². The Morgan fingerprint density at radius 3 is 1.79 bits per heavy atom. The van der Waals surface area contributed by atoms with E-state index in [4.69, 9.17) is 19.5 Å². The first-order valence-electron chi connectivity index (χ1n) is 15.6. The summed E-state index contributed by atoms with van der Waals surface area (Å²) in [5, 5.41) is 28.1. The molecule has 3 atom stereocenters. The van der Waals surface area contributed by atoms with Gasteiger partial charge in [-0.2, -0.15) is 0 Å². The third-order valence-corrected chi connectivity index (χ3v) is 9.54. The number of allylic oxidation sites excluding steroid dienone is 2. The normalized spacial score (nSPS) is 15.7. The zero-order chi connectivity index (χ0) is 29.4. The van der Waals surface area contributed by atoms with Crippen molar-refractivity contribution >= 4 is 7.60 Å². The molecule has 0 saturated carbocycles. The van der Waals surface area contributed by atoms with E-state index in [2.05, 4.69) is 19.1 Å². The molecule has 0 bridgehead atoms. The van der Waals surface area contributed by atoms with Gasteiger partial charge in [0.25, 0.3) is 0 Å². The number of aliphatic hydroxyl groups excluding tert-OH is 2. The van der Waals surface area contributed by atoms with Crippen molar-refractivity contribution in [3.63, 3.8) is 0 Å². The highest BCUT2D eigenvalue weighted by atomic mass is 31.2. The average Bonchev–Trinajstić information content (AvgIpc) is 2.89. The Kier molecular flexibility index (Phi) is 24.1. The number of hydrogen-bond acceptors (Lipinski definition) is 7. The van der Waals surface area contributed by atoms with Crippen molar-refractivity contribution in [2.45, 2.75) is 141 Å². The van der Waals surface area contributed by atoms with Crippen molar-refractivity contribution in [1.29, 1.82) is 0 Å². The summed E-state index contributed by atoms with van der Waals surface area (Å²) in [5.41, 5.74) is 0. The van der Waals surface area contributed by atoms with Gasteiger partial charge < -0.3 is 38.5 Å². The maximum absolute atomic E-state index is 12.5. The number of unbranched alkanes of at least 4 members (excludes halogenated alkanes) is 14. The van der Waals surface area contributed by atoms with Gasteiger partial charge in [0.15, 0.2) is 13.9 Å². The molecule has 8 nitrogen and oxygen atoms in total. The van der Waals surface area contributed by atoms with E-state index in [0.29, 0.717) is 6.61 Å². The minimum absolute atomic E-state index is 0.0297. The van der Waals surface area contributed by atoms with E-state index in [9.17, 15) is 14.6 Å². The molecule has 0 heterocycles. The van der Waals surface area contributed by atoms with E-state index < -0.39 is 25.8 Å². The van der Waals surface area contributed by atoms with Crippen LogP contribution in [0.2, 0.25) is 0 Å². The highest BCUT2D eigenvalue weighted by molar-refractivity contribution is 7.51. The fourth-order valence-electron chi connectivity index (χ4n) is 4.39. The van der Waals surface area contributed by atoms with Crippen LogP contribution in [0.3, 0.4) is 0 Å². The third-order valence-electron chi connectivity index (χ3n) is 7.49. The predicted octanol–water partition coefficient (Wildman–Crippen LogP) is 5.87. The summed E-state index contributed by atoms with van der Waals surface area (Å²) in [7, 11) is -0.875. The van der Waals surface area contributed by atoms with Crippen molar-refractivity contribution < 1.29 is 38.5 Å². The molecule has 2 unspecified atom stereocenters. The largest absolute Gasteiger partial charge is 0.774 e. The lowest BCUT2D eigenvalue weighted by atomic mass is 10.1. The lowest BCUT2D eigenvalue weighted by Crippen LogP contribution is -2.50. The molecule has 9 heteroatoms. The number of quaternary nitrogens is 1. The zero-order valence-corrected chi connectivity index (χ0v) is 26.5. The topological polar surface area (TPSA) is 119 Å². The van der Waals surface area contributed by atoms with E-state index in [1.54, 1.807) is 14.1 Å². The number of rotatable bonds is 28. The monoisotopic (exact) mass is 579 g/mol. The number of ether oxygens (including phenoxy) is 1. The maximum atomic E-state index is 12.5. The van der Waals surface area contributed by atoms with Gasteiger partial charge in [0.05, 0.1) is 33.9 Å². The van der Waals surface area contributed by atoms with E-state index in [0.717, 1.165) is 12.8 Å². The van der Waals surface area contributed by atoms with Gasteiger partial charge >= 0.3 is 0 Å². The molecule has 0 aliphatic heterocycles. The molecule has 0 aromatic carbocycles. The molecule has 0 fully saturated rings. The summed E-state index contributed by atoms with van der Waals surface area (Å²) in [6.07, 6.45) is 22.6. The van der Waals surface area contributed by atoms with Crippen molar-refractivity contribution in [1.82, 2.24) is 0 Å². The fraction of sp³-hybridized carbons (Fsp3) is 0.933. The molecule has 0 aliphatic rings. The summed E-state index contributed by atoms with van der Waals surface area (Å²) in [4.78, 5) is 12.5. The summed E-state index contributed by atoms with van der Waals surface area (Å²) in [5.74, 6) is -0.888. The molecular formula is C30H62NO7P. The molecule has 0 saturated heterocycles. The molecule has 3 N–H and O–H groups in total. The van der Waals surface area contributed by atoms with Crippen LogP contribution in [0.5, 0.6) is 0 Å². The Bertz CT molecular complexity index is 630. The molecule has 234 valence electrons. The molecule has 0 spiro atoms. The van der Waals surface area contributed by atoms with Crippen molar-refractivity contribution in [2.24, 2.45) is 0 Å². The van der Waals surface area contributed by atoms with Crippen molar-refractivity contribution in [2.75, 3.05) is 40.5 Å². The van der Waals surface area contributed by atoms with Gasteiger partial charge in [0.1, 0.15) is 11.9 Å². The van der Waals surface area contributed by atoms with Crippen LogP contribution in [-0.4, -0.2) is 78.4 Å². The molecule has 39 heavy (non-hydrogen) atoms. The van der Waals surface area contributed by atoms with Crippen LogP contribution in [0.1, 0.15) is 123 Å². The predicted molar refractivity (Wildman–Crippen MR) is 158 cm³/mol. The first-order chi connectivity index (χ1) is 18.5. The van der Waals surface area contributed by atoms with E-state index in [1.165, 1.54) is 96.8 Å². The van der Waals surface area contributed by atoms with Crippen LogP contribution in [-0.2, 0) is 13.8 Å². The van der Waals surface area contributed by atoms with Crippen LogP contribution in [0.25, 0.3) is 0 Å². The lowest BCUT2D eigenvalue weighted by Gasteiger charge is -2.42. The zero-order valence-electron chi connectivity index (χ0n) is 25.6. The standard InChI is InChI=1S/C30H62NO7P/c1-5-6-7-8-9-10-11-12-13-14-15-16-17-18-19-20-21-22-25-37-26-29(32)27-38-39(35,36)28(2)31(3,4)24-23-30(33)34/h11-12,28-30,32-34H,5-10,13-27H2,1-4H3/b12-11-/t28?,29-/m1/s1. The number of nitrogens with zero attached hydrogens (tertiary/aromatic N) is 1. The first kappa shape index (κ1) is 38.7. The van der Waals surface area contributed by atoms with Crippen LogP contribution in [0.4, 0.5) is 0 Å². The minimum atomic E-state index is -4.26. The lowest BCUT2D eigenvalue weighted by molar-refractivity contribution is -0.902. The summed E-state index contributed by atoms with van der Waals surface area (Å²) >= 11 is 0. The average molecular weight is 580 g/mol. The highest BCUT2D eigenvalue weighted by Gasteiger charge is 2.34. The SMILES string of the molecule is CCCCCCC/C=C\CCCCCCCCCCCOC[C@@H](O)COP(=O)([O-])C(C)[N+](C)(C)CCC(O)O. The molecule has 0 radical (unpaired) electrons. The highest BCUT2D eigenvalue weighted by Crippen LogP contribution is 2.46. The van der Waals surface area contributed by atoms with E-state index >= 15 is 0 Å². The third kappa shape index (κ3) is 23.0. The Hall–Kier alpha value is -0.310. The number of hydrogen-bond donors (Lipinski definition) is 3. The van der Waals surface area contributed by atoms with E-state index in [1.807, 2.05) is 0 Å². The molecule has 0 amide bonds. The van der Waals surface area contributed by atoms with Crippen LogP contribution < -0.4 is 4.89 Å². The summed E-state index contributed by atoms with van der Waals surface area (Å²) < 4.78 is 23.1. The second-order valence-electron chi connectivity index (χ2n) is 11.6. The number of aliphatic hydroxyl groups is 3. The van der Waals surface area contributed by atoms with Gasteiger partial charge in [-0.1, -0.05) is 89.7 Å². The van der Waals surface area contributed by atoms with Crippen LogP contribution in [0, 0.1) is 0 Å². The first-order valence-corrected chi connectivity index (χ1v) is 17.2. The minimum Gasteiger partial charge on any atom is -0.774 e.